The summed E-state index contributed by atoms with van der Waals surface area (Å²) in [4.78, 5) is 13.8. The predicted octanol–water partition coefficient (Wildman–Crippen LogP) is 3.04. The zero-order valence-electron chi connectivity index (χ0n) is 13.0. The number of carboxylic acids is 1. The number of halogens is 1. The van der Waals surface area contributed by atoms with E-state index >= 15 is 0 Å². The summed E-state index contributed by atoms with van der Waals surface area (Å²) in [5, 5.41) is 9.42. The van der Waals surface area contributed by atoms with Crippen LogP contribution in [0.25, 0.3) is 10.9 Å². The lowest BCUT2D eigenvalue weighted by Gasteiger charge is -2.07. The number of carboxylic acid groups (broad SMARTS) is 1. The highest BCUT2D eigenvalue weighted by atomic mass is 35.5. The van der Waals surface area contributed by atoms with Crippen molar-refractivity contribution in [1.29, 1.82) is 0 Å². The number of aromatic amines is 1. The zero-order valence-corrected chi connectivity index (χ0v) is 14.6. The summed E-state index contributed by atoms with van der Waals surface area (Å²) in [6.07, 6.45) is 0.566. The number of benzene rings is 2. The summed E-state index contributed by atoms with van der Waals surface area (Å²) >= 11 is 6.03. The van der Waals surface area contributed by atoms with Crippen LogP contribution in [0.15, 0.2) is 53.4 Å². The lowest BCUT2D eigenvalue weighted by Crippen LogP contribution is -2.25. The minimum absolute atomic E-state index is 0.0103. The molecule has 0 atom stereocenters. The number of carbonyl (C=O) groups is 1. The highest BCUT2D eigenvalue weighted by Crippen LogP contribution is 2.29. The third-order valence-electron chi connectivity index (χ3n) is 3.78. The van der Waals surface area contributed by atoms with E-state index in [4.69, 9.17) is 16.7 Å². The summed E-state index contributed by atoms with van der Waals surface area (Å²) in [6.45, 7) is 0.256. The minimum Gasteiger partial charge on any atom is -0.477 e. The van der Waals surface area contributed by atoms with Crippen LogP contribution in [0.4, 0.5) is 0 Å². The summed E-state index contributed by atoms with van der Waals surface area (Å²) < 4.78 is 27.4. The lowest BCUT2D eigenvalue weighted by molar-refractivity contribution is 0.0691. The Balaban J connectivity index is 1.82. The van der Waals surface area contributed by atoms with Gasteiger partial charge in [0.1, 0.15) is 5.69 Å². The third kappa shape index (κ3) is 3.68. The molecule has 0 saturated heterocycles. The quantitative estimate of drug-likeness (QED) is 0.613. The van der Waals surface area contributed by atoms with Crippen LogP contribution >= 0.6 is 11.6 Å². The van der Waals surface area contributed by atoms with Crippen molar-refractivity contribution in [3.63, 3.8) is 0 Å². The van der Waals surface area contributed by atoms with Crippen molar-refractivity contribution < 1.29 is 18.3 Å². The first-order valence-electron chi connectivity index (χ1n) is 7.46. The molecule has 2 aromatic carbocycles. The van der Waals surface area contributed by atoms with E-state index in [2.05, 4.69) is 9.71 Å². The van der Waals surface area contributed by atoms with Gasteiger partial charge < -0.3 is 10.1 Å². The van der Waals surface area contributed by atoms with E-state index in [-0.39, 0.29) is 22.2 Å². The highest BCUT2D eigenvalue weighted by Gasteiger charge is 2.19. The van der Waals surface area contributed by atoms with Crippen molar-refractivity contribution in [2.45, 2.75) is 11.3 Å². The molecule has 25 heavy (non-hydrogen) atoms. The molecule has 0 aliphatic rings. The number of hydrogen-bond donors (Lipinski definition) is 3. The Labute approximate surface area is 149 Å². The van der Waals surface area contributed by atoms with Crippen molar-refractivity contribution in [3.8, 4) is 0 Å². The van der Waals surface area contributed by atoms with Gasteiger partial charge in [-0.1, -0.05) is 41.9 Å². The Morgan fingerprint density at radius 3 is 2.56 bits per heavy atom. The molecule has 0 unspecified atom stereocenters. The van der Waals surface area contributed by atoms with E-state index in [1.807, 2.05) is 30.3 Å². The van der Waals surface area contributed by atoms with Gasteiger partial charge in [0.15, 0.2) is 0 Å². The van der Waals surface area contributed by atoms with Gasteiger partial charge in [-0.3, -0.25) is 0 Å². The fraction of sp³-hybridized carbons (Fsp3) is 0.118. The summed E-state index contributed by atoms with van der Waals surface area (Å²) in [5.74, 6) is -1.20. The largest absolute Gasteiger partial charge is 0.477 e. The van der Waals surface area contributed by atoms with Gasteiger partial charge >= 0.3 is 5.97 Å². The zero-order chi connectivity index (χ0) is 18.0. The summed E-state index contributed by atoms with van der Waals surface area (Å²) in [6, 6.07) is 13.8. The fourth-order valence-corrected chi connectivity index (χ4v) is 3.85. The first kappa shape index (κ1) is 17.5. The minimum atomic E-state index is -3.72. The molecule has 1 aromatic heterocycles. The Morgan fingerprint density at radius 2 is 1.88 bits per heavy atom. The Kier molecular flexibility index (Phi) is 4.80. The molecule has 8 heteroatoms. The average molecular weight is 379 g/mol. The van der Waals surface area contributed by atoms with Crippen molar-refractivity contribution in [2.75, 3.05) is 6.54 Å². The topological polar surface area (TPSA) is 99.3 Å². The van der Waals surface area contributed by atoms with Crippen LogP contribution in [0, 0.1) is 0 Å². The van der Waals surface area contributed by atoms with Crippen LogP contribution in [-0.4, -0.2) is 31.0 Å². The van der Waals surface area contributed by atoms with Gasteiger partial charge in [-0.2, -0.15) is 0 Å². The SMILES string of the molecule is O=C(O)c1[nH]c2ccc(S(=O)(=O)NCCc3ccccc3)cc2c1Cl. The van der Waals surface area contributed by atoms with Crippen LogP contribution in [0.1, 0.15) is 16.1 Å². The number of nitrogens with one attached hydrogen (secondary N) is 2. The van der Waals surface area contributed by atoms with Gasteiger partial charge in [0.05, 0.1) is 9.92 Å². The number of rotatable bonds is 6. The van der Waals surface area contributed by atoms with Gasteiger partial charge in [0.25, 0.3) is 0 Å². The van der Waals surface area contributed by atoms with Crippen LogP contribution in [0.5, 0.6) is 0 Å². The molecule has 0 radical (unpaired) electrons. The van der Waals surface area contributed by atoms with Gasteiger partial charge in [0, 0.05) is 17.4 Å². The Bertz CT molecular complexity index is 1030. The molecular formula is C17H15ClN2O4S. The Morgan fingerprint density at radius 1 is 1.16 bits per heavy atom. The van der Waals surface area contributed by atoms with Crippen molar-refractivity contribution in [1.82, 2.24) is 9.71 Å². The second-order valence-corrected chi connectivity index (χ2v) is 7.60. The van der Waals surface area contributed by atoms with E-state index in [1.165, 1.54) is 18.2 Å². The maximum Gasteiger partial charge on any atom is 0.353 e. The average Bonchev–Trinajstić information content (AvgIpc) is 2.92. The number of H-pyrrole nitrogens is 1. The number of aromatic carboxylic acids is 1. The molecule has 1 heterocycles. The van der Waals surface area contributed by atoms with E-state index in [1.54, 1.807) is 0 Å². The van der Waals surface area contributed by atoms with Crippen molar-refractivity contribution >= 4 is 38.5 Å². The number of hydrogen-bond acceptors (Lipinski definition) is 3. The normalized spacial score (nSPS) is 11.7. The molecule has 6 nitrogen and oxygen atoms in total. The third-order valence-corrected chi connectivity index (χ3v) is 5.63. The molecular weight excluding hydrogens is 364 g/mol. The van der Waals surface area contributed by atoms with Crippen LogP contribution in [-0.2, 0) is 16.4 Å². The molecule has 3 aromatic rings. The molecule has 3 rings (SSSR count). The van der Waals surface area contributed by atoms with E-state index in [9.17, 15) is 13.2 Å². The van der Waals surface area contributed by atoms with Gasteiger partial charge in [-0.15, -0.1) is 0 Å². The van der Waals surface area contributed by atoms with Crippen molar-refractivity contribution in [2.24, 2.45) is 0 Å². The molecule has 3 N–H and O–H groups in total. The van der Waals surface area contributed by atoms with Crippen LogP contribution in [0.3, 0.4) is 0 Å². The molecule has 0 amide bonds. The molecule has 0 saturated carbocycles. The molecule has 0 aliphatic heterocycles. The lowest BCUT2D eigenvalue weighted by atomic mass is 10.2. The molecule has 130 valence electrons. The number of fused-ring (bicyclic) bond motifs is 1. The first-order valence-corrected chi connectivity index (χ1v) is 9.33. The van der Waals surface area contributed by atoms with Crippen molar-refractivity contribution in [3.05, 3.63) is 64.8 Å². The number of sulfonamides is 1. The molecule has 0 bridgehead atoms. The number of aromatic nitrogens is 1. The highest BCUT2D eigenvalue weighted by molar-refractivity contribution is 7.89. The van der Waals surface area contributed by atoms with Gasteiger partial charge in [0.2, 0.25) is 10.0 Å². The molecule has 0 fully saturated rings. The summed E-state index contributed by atoms with van der Waals surface area (Å²) in [5.41, 5.74) is 1.33. The van der Waals surface area contributed by atoms with Gasteiger partial charge in [-0.05, 0) is 30.2 Å². The second kappa shape index (κ2) is 6.87. The Hall–Kier alpha value is -2.35. The maximum absolute atomic E-state index is 12.4. The van der Waals surface area contributed by atoms with Gasteiger partial charge in [-0.25, -0.2) is 17.9 Å². The smallest absolute Gasteiger partial charge is 0.353 e. The van der Waals surface area contributed by atoms with Crippen LogP contribution in [0.2, 0.25) is 5.02 Å². The fourth-order valence-electron chi connectivity index (χ4n) is 2.51. The monoisotopic (exact) mass is 378 g/mol. The second-order valence-electron chi connectivity index (χ2n) is 5.46. The van der Waals surface area contributed by atoms with Crippen LogP contribution < -0.4 is 4.72 Å². The van der Waals surface area contributed by atoms with E-state index < -0.39 is 16.0 Å². The first-order chi connectivity index (χ1) is 11.9. The molecule has 0 spiro atoms. The van der Waals surface area contributed by atoms with E-state index in [0.717, 1.165) is 5.56 Å². The predicted molar refractivity (Wildman–Crippen MR) is 95.6 cm³/mol. The van der Waals surface area contributed by atoms with E-state index in [0.29, 0.717) is 17.3 Å². The maximum atomic E-state index is 12.4. The summed E-state index contributed by atoms with van der Waals surface area (Å²) in [7, 11) is -3.72. The standard InChI is InChI=1S/C17H15ClN2O4S/c18-15-13-10-12(6-7-14(13)20-16(15)17(21)22)25(23,24)19-9-8-11-4-2-1-3-5-11/h1-7,10,19-20H,8-9H2,(H,21,22). The molecule has 0 aliphatic carbocycles.